The molecular formula is C16H18N2O3S. The molecule has 5 nitrogen and oxygen atoms in total. The number of thiophene rings is 1. The first-order valence-corrected chi connectivity index (χ1v) is 7.72. The Morgan fingerprint density at radius 1 is 1.18 bits per heavy atom. The first-order chi connectivity index (χ1) is 10.5. The minimum Gasteiger partial charge on any atom is -0.491 e. The Kier molecular flexibility index (Phi) is 5.16. The molecule has 116 valence electrons. The summed E-state index contributed by atoms with van der Waals surface area (Å²) < 4.78 is 5.69. The van der Waals surface area contributed by atoms with Crippen molar-refractivity contribution in [2.75, 3.05) is 11.9 Å². The summed E-state index contributed by atoms with van der Waals surface area (Å²) in [5.41, 5.74) is 5.79. The number of nitrogens with one attached hydrogen (secondary N) is 1. The number of para-hydroxylation sites is 2. The van der Waals surface area contributed by atoms with E-state index in [9.17, 15) is 9.59 Å². The van der Waals surface area contributed by atoms with E-state index in [4.69, 9.17) is 10.5 Å². The maximum Gasteiger partial charge on any atom is 0.265 e. The second kappa shape index (κ2) is 7.09. The molecular weight excluding hydrogens is 300 g/mol. The molecule has 0 bridgehead atoms. The summed E-state index contributed by atoms with van der Waals surface area (Å²) in [6.45, 7) is 4.67. The van der Waals surface area contributed by atoms with Crippen molar-refractivity contribution in [1.82, 2.24) is 0 Å². The molecule has 0 saturated heterocycles. The van der Waals surface area contributed by atoms with Gasteiger partial charge in [-0.3, -0.25) is 9.59 Å². The average molecular weight is 318 g/mol. The molecule has 2 rings (SSSR count). The zero-order chi connectivity index (χ0) is 16.1. The van der Waals surface area contributed by atoms with Gasteiger partial charge in [0.05, 0.1) is 22.0 Å². The lowest BCUT2D eigenvalue weighted by Crippen LogP contribution is -2.13. The number of hydrogen-bond donors (Lipinski definition) is 2. The van der Waals surface area contributed by atoms with E-state index >= 15 is 0 Å². The summed E-state index contributed by atoms with van der Waals surface area (Å²) in [5.74, 6) is 0.179. The van der Waals surface area contributed by atoms with Gasteiger partial charge < -0.3 is 15.8 Å². The van der Waals surface area contributed by atoms with Gasteiger partial charge in [-0.15, -0.1) is 11.3 Å². The molecule has 1 aromatic heterocycles. The molecule has 1 aromatic carbocycles. The van der Waals surface area contributed by atoms with Crippen molar-refractivity contribution in [1.29, 1.82) is 0 Å². The van der Waals surface area contributed by atoms with Crippen molar-refractivity contribution < 1.29 is 14.3 Å². The Labute approximate surface area is 133 Å². The Morgan fingerprint density at radius 2 is 1.86 bits per heavy atom. The number of rotatable bonds is 6. The third-order valence-electron chi connectivity index (χ3n) is 2.78. The molecule has 22 heavy (non-hydrogen) atoms. The SMILES string of the molecule is CC(C)COc1ccccc1NC(=O)c1ccc(C(N)=O)s1. The second-order valence-electron chi connectivity index (χ2n) is 5.18. The molecule has 1 heterocycles. The number of primary amides is 1. The van der Waals surface area contributed by atoms with Crippen molar-refractivity contribution in [2.24, 2.45) is 11.7 Å². The fourth-order valence-corrected chi connectivity index (χ4v) is 2.48. The van der Waals surface area contributed by atoms with Crippen molar-refractivity contribution >= 4 is 28.8 Å². The summed E-state index contributed by atoms with van der Waals surface area (Å²) in [5, 5.41) is 2.80. The van der Waals surface area contributed by atoms with Crippen molar-refractivity contribution in [3.8, 4) is 5.75 Å². The summed E-state index contributed by atoms with van der Waals surface area (Å²) >= 11 is 1.07. The van der Waals surface area contributed by atoms with Crippen LogP contribution >= 0.6 is 11.3 Å². The highest BCUT2D eigenvalue weighted by molar-refractivity contribution is 7.16. The summed E-state index contributed by atoms with van der Waals surface area (Å²) in [7, 11) is 0. The molecule has 0 aliphatic carbocycles. The van der Waals surface area contributed by atoms with Gasteiger partial charge in [0.1, 0.15) is 5.75 Å². The minimum absolute atomic E-state index is 0.293. The van der Waals surface area contributed by atoms with Crippen LogP contribution in [0, 0.1) is 5.92 Å². The van der Waals surface area contributed by atoms with Crippen LogP contribution in [-0.4, -0.2) is 18.4 Å². The minimum atomic E-state index is -0.537. The molecule has 0 radical (unpaired) electrons. The van der Waals surface area contributed by atoms with Crippen LogP contribution in [0.5, 0.6) is 5.75 Å². The van der Waals surface area contributed by atoms with Gasteiger partial charge in [-0.25, -0.2) is 0 Å². The van der Waals surface area contributed by atoms with Gasteiger partial charge >= 0.3 is 0 Å². The lowest BCUT2D eigenvalue weighted by molar-refractivity contribution is 0.100. The van der Waals surface area contributed by atoms with Crippen LogP contribution in [0.1, 0.15) is 33.2 Å². The topological polar surface area (TPSA) is 81.4 Å². The van der Waals surface area contributed by atoms with Gasteiger partial charge in [-0.2, -0.15) is 0 Å². The van der Waals surface area contributed by atoms with Gasteiger partial charge in [-0.1, -0.05) is 26.0 Å². The number of benzene rings is 1. The van der Waals surface area contributed by atoms with Crippen molar-refractivity contribution in [3.05, 3.63) is 46.2 Å². The van der Waals surface area contributed by atoms with Crippen LogP contribution in [0.15, 0.2) is 36.4 Å². The third-order valence-corrected chi connectivity index (χ3v) is 3.88. The second-order valence-corrected chi connectivity index (χ2v) is 6.27. The van der Waals surface area contributed by atoms with Gasteiger partial charge in [-0.05, 0) is 30.2 Å². The zero-order valence-corrected chi connectivity index (χ0v) is 13.3. The van der Waals surface area contributed by atoms with Crippen molar-refractivity contribution in [2.45, 2.75) is 13.8 Å². The van der Waals surface area contributed by atoms with Crippen LogP contribution in [0.3, 0.4) is 0 Å². The molecule has 0 fully saturated rings. The normalized spacial score (nSPS) is 10.5. The van der Waals surface area contributed by atoms with Crippen LogP contribution in [0.4, 0.5) is 5.69 Å². The number of anilines is 1. The van der Waals surface area contributed by atoms with Gasteiger partial charge in [0.25, 0.3) is 11.8 Å². The van der Waals surface area contributed by atoms with Crippen molar-refractivity contribution in [3.63, 3.8) is 0 Å². The van der Waals surface area contributed by atoms with E-state index in [0.717, 1.165) is 11.3 Å². The maximum atomic E-state index is 12.2. The average Bonchev–Trinajstić information content (AvgIpc) is 2.96. The standard InChI is InChI=1S/C16H18N2O3S/c1-10(2)9-21-12-6-4-3-5-11(12)18-16(20)14-8-7-13(22-14)15(17)19/h3-8,10H,9H2,1-2H3,(H2,17,19)(H,18,20). The quantitative estimate of drug-likeness (QED) is 0.858. The number of amides is 2. The molecule has 0 aliphatic rings. The number of carbonyl (C=O) groups excluding carboxylic acids is 2. The third kappa shape index (κ3) is 4.08. The van der Waals surface area contributed by atoms with E-state index in [1.807, 2.05) is 12.1 Å². The Balaban J connectivity index is 2.12. The Bertz CT molecular complexity index is 680. The molecule has 3 N–H and O–H groups in total. The van der Waals surface area contributed by atoms with Crippen LogP contribution in [0.2, 0.25) is 0 Å². The first-order valence-electron chi connectivity index (χ1n) is 6.90. The highest BCUT2D eigenvalue weighted by Crippen LogP contribution is 2.26. The van der Waals surface area contributed by atoms with Crippen LogP contribution < -0.4 is 15.8 Å². The van der Waals surface area contributed by atoms with E-state index < -0.39 is 5.91 Å². The molecule has 2 amide bonds. The molecule has 0 atom stereocenters. The smallest absolute Gasteiger partial charge is 0.265 e. The number of nitrogens with two attached hydrogens (primary N) is 1. The number of carbonyl (C=O) groups is 2. The van der Waals surface area contributed by atoms with E-state index in [0.29, 0.717) is 33.7 Å². The number of hydrogen-bond acceptors (Lipinski definition) is 4. The largest absolute Gasteiger partial charge is 0.491 e. The summed E-state index contributed by atoms with van der Waals surface area (Å²) in [6.07, 6.45) is 0. The Morgan fingerprint density at radius 3 is 2.50 bits per heavy atom. The molecule has 2 aromatic rings. The van der Waals surface area contributed by atoms with E-state index in [2.05, 4.69) is 19.2 Å². The first kappa shape index (κ1) is 16.0. The van der Waals surface area contributed by atoms with E-state index in [1.165, 1.54) is 0 Å². The molecule has 0 unspecified atom stereocenters. The molecule has 6 heteroatoms. The predicted octanol–water partition coefficient (Wildman–Crippen LogP) is 3.13. The fraction of sp³-hybridized carbons (Fsp3) is 0.250. The summed E-state index contributed by atoms with van der Waals surface area (Å²) in [4.78, 5) is 24.1. The van der Waals surface area contributed by atoms with Crippen LogP contribution in [0.25, 0.3) is 0 Å². The van der Waals surface area contributed by atoms with Gasteiger partial charge in [0.15, 0.2) is 0 Å². The highest BCUT2D eigenvalue weighted by Gasteiger charge is 2.14. The van der Waals surface area contributed by atoms with E-state index in [-0.39, 0.29) is 5.91 Å². The monoisotopic (exact) mass is 318 g/mol. The predicted molar refractivity (Wildman–Crippen MR) is 87.6 cm³/mol. The maximum absolute atomic E-state index is 12.2. The highest BCUT2D eigenvalue weighted by atomic mass is 32.1. The lowest BCUT2D eigenvalue weighted by atomic mass is 10.2. The van der Waals surface area contributed by atoms with Crippen LogP contribution in [-0.2, 0) is 0 Å². The zero-order valence-electron chi connectivity index (χ0n) is 12.5. The molecule has 0 spiro atoms. The molecule has 0 saturated carbocycles. The van der Waals surface area contributed by atoms with E-state index in [1.54, 1.807) is 24.3 Å². The number of ether oxygens (including phenoxy) is 1. The van der Waals surface area contributed by atoms with Gasteiger partial charge in [0.2, 0.25) is 0 Å². The summed E-state index contributed by atoms with van der Waals surface area (Å²) in [6, 6.07) is 10.4. The molecule has 0 aliphatic heterocycles. The van der Waals surface area contributed by atoms with Gasteiger partial charge in [0, 0.05) is 0 Å². The fourth-order valence-electron chi connectivity index (χ4n) is 1.73. The lowest BCUT2D eigenvalue weighted by Gasteiger charge is -2.13. The Hall–Kier alpha value is -2.34.